The highest BCUT2D eigenvalue weighted by Gasteiger charge is 2.39. The summed E-state index contributed by atoms with van der Waals surface area (Å²) in [5.41, 5.74) is 0.409. The van der Waals surface area contributed by atoms with Crippen molar-refractivity contribution in [2.45, 2.75) is 49.3 Å². The van der Waals surface area contributed by atoms with Crippen LogP contribution in [0.2, 0.25) is 0 Å². The quantitative estimate of drug-likeness (QED) is 0.328. The molecule has 148 valence electrons. The van der Waals surface area contributed by atoms with Gasteiger partial charge in [-0.05, 0) is 6.07 Å². The molecule has 0 saturated carbocycles. The molecule has 1 fully saturated rings. The Kier molecular flexibility index (Phi) is 7.74. The number of methoxy groups -OCH3 is 1. The fourth-order valence-electron chi connectivity index (χ4n) is 2.84. The number of hydrogen-bond donors (Lipinski definition) is 6. The van der Waals surface area contributed by atoms with Crippen LogP contribution in [0.3, 0.4) is 0 Å². The van der Waals surface area contributed by atoms with Crippen molar-refractivity contribution in [3.8, 4) is 5.75 Å². The predicted molar refractivity (Wildman–Crippen MR) is 88.3 cm³/mol. The van der Waals surface area contributed by atoms with Crippen LogP contribution in [0.15, 0.2) is 24.3 Å². The molecule has 9 nitrogen and oxygen atoms in total. The van der Waals surface area contributed by atoms with Gasteiger partial charge in [-0.15, -0.1) is 0 Å². The summed E-state index contributed by atoms with van der Waals surface area (Å²) < 4.78 is 15.8. The summed E-state index contributed by atoms with van der Waals surface area (Å²) in [6.45, 7) is -0.866. The minimum atomic E-state index is -1.52. The van der Waals surface area contributed by atoms with Gasteiger partial charge in [0.25, 0.3) is 0 Å². The minimum absolute atomic E-state index is 0.262. The Hall–Kier alpha value is -1.30. The largest absolute Gasteiger partial charge is 0.496 e. The molecule has 2 rings (SSSR count). The lowest BCUT2D eigenvalue weighted by molar-refractivity contribution is -0.191. The average Bonchev–Trinajstić information content (AvgIpc) is 2.73. The lowest BCUT2D eigenvalue weighted by Gasteiger charge is -2.28. The molecule has 0 amide bonds. The molecule has 1 aliphatic rings. The van der Waals surface area contributed by atoms with E-state index in [0.29, 0.717) is 11.3 Å². The van der Waals surface area contributed by atoms with E-state index >= 15 is 0 Å². The van der Waals surface area contributed by atoms with Crippen LogP contribution >= 0.6 is 0 Å². The summed E-state index contributed by atoms with van der Waals surface area (Å²) in [7, 11) is 1.45. The smallest absolute Gasteiger partial charge is 0.157 e. The van der Waals surface area contributed by atoms with Gasteiger partial charge in [0, 0.05) is 12.0 Å². The first-order valence-electron chi connectivity index (χ1n) is 8.30. The first kappa shape index (κ1) is 21.0. The molecule has 6 N–H and O–H groups in total. The molecule has 0 aromatic heterocycles. The third-order valence-corrected chi connectivity index (χ3v) is 4.36. The number of ether oxygens (including phenoxy) is 3. The third-order valence-electron chi connectivity index (χ3n) is 4.36. The molecule has 0 spiro atoms. The zero-order valence-corrected chi connectivity index (χ0v) is 14.4. The van der Waals surface area contributed by atoms with Crippen molar-refractivity contribution in [1.29, 1.82) is 0 Å². The van der Waals surface area contributed by atoms with Gasteiger partial charge < -0.3 is 44.8 Å². The Morgan fingerprint density at radius 1 is 1.15 bits per heavy atom. The molecular weight excluding hydrogens is 348 g/mol. The Labute approximate surface area is 151 Å². The summed E-state index contributed by atoms with van der Waals surface area (Å²) in [5.74, 6) is 0.418. The topological polar surface area (TPSA) is 149 Å². The normalized spacial score (nSPS) is 31.9. The zero-order chi connectivity index (χ0) is 19.3. The van der Waals surface area contributed by atoms with Gasteiger partial charge >= 0.3 is 0 Å². The van der Waals surface area contributed by atoms with Gasteiger partial charge in [0.1, 0.15) is 36.3 Å². The van der Waals surface area contributed by atoms with Gasteiger partial charge in [0.15, 0.2) is 6.29 Å². The van der Waals surface area contributed by atoms with Crippen molar-refractivity contribution in [2.75, 3.05) is 20.3 Å². The second-order valence-corrected chi connectivity index (χ2v) is 6.15. The standard InChI is InChI=1S/C17H26O9/c1-24-11-5-3-2-4-9(11)15(21)12(7-18)25-8-13-17(23)16(22)10(19)6-14(20)26-13/h2-5,10,12-23H,6-8H2,1H3/t10?,12?,13?,14?,15?,16-,17+/m0/s1. The van der Waals surface area contributed by atoms with Crippen LogP contribution in [-0.4, -0.2) is 87.8 Å². The highest BCUT2D eigenvalue weighted by atomic mass is 16.6. The van der Waals surface area contributed by atoms with Crippen molar-refractivity contribution >= 4 is 0 Å². The van der Waals surface area contributed by atoms with Gasteiger partial charge in [0.2, 0.25) is 0 Å². The van der Waals surface area contributed by atoms with Crippen LogP contribution < -0.4 is 4.74 Å². The highest BCUT2D eigenvalue weighted by Crippen LogP contribution is 2.29. The second kappa shape index (κ2) is 9.58. The first-order valence-corrected chi connectivity index (χ1v) is 8.30. The Bertz CT molecular complexity index is 555. The number of hydrogen-bond acceptors (Lipinski definition) is 9. The minimum Gasteiger partial charge on any atom is -0.496 e. The first-order chi connectivity index (χ1) is 12.4. The number of benzene rings is 1. The van der Waals surface area contributed by atoms with Crippen LogP contribution in [0.1, 0.15) is 18.1 Å². The van der Waals surface area contributed by atoms with Gasteiger partial charge in [-0.25, -0.2) is 0 Å². The molecule has 1 aromatic rings. The monoisotopic (exact) mass is 374 g/mol. The number of aliphatic hydroxyl groups is 6. The fourth-order valence-corrected chi connectivity index (χ4v) is 2.84. The Morgan fingerprint density at radius 3 is 2.50 bits per heavy atom. The molecule has 5 unspecified atom stereocenters. The number of aliphatic hydroxyl groups excluding tert-OH is 6. The molecule has 9 heteroatoms. The molecule has 0 bridgehead atoms. The maximum atomic E-state index is 10.5. The molecule has 0 aliphatic carbocycles. The van der Waals surface area contributed by atoms with E-state index in [0.717, 1.165) is 0 Å². The van der Waals surface area contributed by atoms with Crippen molar-refractivity contribution in [3.63, 3.8) is 0 Å². The van der Waals surface area contributed by atoms with Crippen LogP contribution in [0.25, 0.3) is 0 Å². The van der Waals surface area contributed by atoms with Gasteiger partial charge in [-0.1, -0.05) is 18.2 Å². The van der Waals surface area contributed by atoms with Crippen LogP contribution in [0, 0.1) is 0 Å². The fraction of sp³-hybridized carbons (Fsp3) is 0.647. The van der Waals surface area contributed by atoms with E-state index in [4.69, 9.17) is 14.2 Å². The molecule has 1 heterocycles. The summed E-state index contributed by atoms with van der Waals surface area (Å²) in [6.07, 6.45) is -9.48. The van der Waals surface area contributed by atoms with Crippen LogP contribution in [0.4, 0.5) is 0 Å². The molecule has 1 saturated heterocycles. The maximum absolute atomic E-state index is 10.5. The Balaban J connectivity index is 2.05. The third kappa shape index (κ3) is 4.90. The summed E-state index contributed by atoms with van der Waals surface area (Å²) in [4.78, 5) is 0. The van der Waals surface area contributed by atoms with E-state index in [9.17, 15) is 30.6 Å². The summed E-state index contributed by atoms with van der Waals surface area (Å²) in [5, 5.41) is 59.2. The summed E-state index contributed by atoms with van der Waals surface area (Å²) in [6, 6.07) is 6.70. The van der Waals surface area contributed by atoms with Crippen LogP contribution in [0.5, 0.6) is 5.75 Å². The lowest BCUT2D eigenvalue weighted by Crippen LogP contribution is -2.45. The molecular formula is C17H26O9. The second-order valence-electron chi connectivity index (χ2n) is 6.15. The molecule has 26 heavy (non-hydrogen) atoms. The van der Waals surface area contributed by atoms with E-state index in [1.807, 2.05) is 0 Å². The van der Waals surface area contributed by atoms with Crippen molar-refractivity contribution in [1.82, 2.24) is 0 Å². The SMILES string of the molecule is COc1ccccc1C(O)C(CO)OCC1OC(O)CC(O)[C@H](O)[C@@H]1O. The van der Waals surface area contributed by atoms with Gasteiger partial charge in [-0.2, -0.15) is 0 Å². The maximum Gasteiger partial charge on any atom is 0.157 e. The number of rotatable bonds is 7. The van der Waals surface area contributed by atoms with Gasteiger partial charge in [-0.3, -0.25) is 0 Å². The van der Waals surface area contributed by atoms with Crippen LogP contribution in [-0.2, 0) is 9.47 Å². The van der Waals surface area contributed by atoms with Crippen molar-refractivity contribution in [3.05, 3.63) is 29.8 Å². The zero-order valence-electron chi connectivity index (χ0n) is 14.4. The highest BCUT2D eigenvalue weighted by molar-refractivity contribution is 5.35. The lowest BCUT2D eigenvalue weighted by atomic mass is 10.0. The van der Waals surface area contributed by atoms with E-state index in [-0.39, 0.29) is 13.0 Å². The van der Waals surface area contributed by atoms with E-state index in [1.165, 1.54) is 7.11 Å². The van der Waals surface area contributed by atoms with Gasteiger partial charge in [0.05, 0.1) is 26.4 Å². The van der Waals surface area contributed by atoms with E-state index < -0.39 is 49.5 Å². The predicted octanol–water partition coefficient (Wildman–Crippen LogP) is -1.70. The van der Waals surface area contributed by atoms with Crippen molar-refractivity contribution in [2.24, 2.45) is 0 Å². The summed E-state index contributed by atoms with van der Waals surface area (Å²) >= 11 is 0. The Morgan fingerprint density at radius 2 is 1.85 bits per heavy atom. The molecule has 7 atom stereocenters. The van der Waals surface area contributed by atoms with E-state index in [2.05, 4.69) is 0 Å². The molecule has 1 aromatic carbocycles. The van der Waals surface area contributed by atoms with Crippen molar-refractivity contribution < 1.29 is 44.8 Å². The molecule has 1 aliphatic heterocycles. The van der Waals surface area contributed by atoms with E-state index in [1.54, 1.807) is 24.3 Å². The average molecular weight is 374 g/mol. The number of para-hydroxylation sites is 1. The molecule has 0 radical (unpaired) electrons.